The Morgan fingerprint density at radius 1 is 0.818 bits per heavy atom. The first kappa shape index (κ1) is 30.1. The molecule has 0 saturated heterocycles. The minimum absolute atomic E-state index is 0.509. The SMILES string of the molecule is COc1ccc2ccccc2c1NCNC/C=C1\C=C/C=C(\C=N/Nc2c(ON)ccc3ccccc23)C/C=C/C=C\1ON. The number of benzene rings is 4. The van der Waals surface area contributed by atoms with Crippen LogP contribution in [0.5, 0.6) is 11.5 Å². The fourth-order valence-corrected chi connectivity index (χ4v) is 4.91. The lowest BCUT2D eigenvalue weighted by atomic mass is 10.1. The minimum atomic E-state index is 0.509. The molecule has 5 rings (SSSR count). The van der Waals surface area contributed by atoms with Crippen LogP contribution in [-0.4, -0.2) is 26.5 Å². The number of rotatable bonds is 11. The quantitative estimate of drug-likeness (QED) is 0.0585. The maximum atomic E-state index is 5.62. The monoisotopic (exact) mass is 588 g/mol. The number of methoxy groups -OCH3 is 1. The second-order valence-electron chi connectivity index (χ2n) is 9.86. The Labute approximate surface area is 256 Å². The van der Waals surface area contributed by atoms with Gasteiger partial charge in [0.15, 0.2) is 11.5 Å². The Hall–Kier alpha value is -5.35. The van der Waals surface area contributed by atoms with Crippen LogP contribution in [-0.2, 0) is 4.84 Å². The van der Waals surface area contributed by atoms with Gasteiger partial charge in [-0.2, -0.15) is 16.9 Å². The Bertz CT molecular complexity index is 1790. The molecule has 9 nitrogen and oxygen atoms in total. The second kappa shape index (κ2) is 15.2. The molecular weight excluding hydrogens is 552 g/mol. The van der Waals surface area contributed by atoms with Gasteiger partial charge in [-0.15, -0.1) is 0 Å². The van der Waals surface area contributed by atoms with Gasteiger partial charge in [0.2, 0.25) is 0 Å². The molecule has 0 aliphatic heterocycles. The van der Waals surface area contributed by atoms with Crippen molar-refractivity contribution in [2.24, 2.45) is 16.9 Å². The van der Waals surface area contributed by atoms with Crippen LogP contribution in [0.2, 0.25) is 0 Å². The summed E-state index contributed by atoms with van der Waals surface area (Å²) in [5.41, 5.74) is 6.57. The first-order chi connectivity index (χ1) is 21.7. The lowest BCUT2D eigenvalue weighted by Gasteiger charge is -2.14. The van der Waals surface area contributed by atoms with Crippen LogP contribution in [0.1, 0.15) is 6.42 Å². The molecule has 0 saturated carbocycles. The number of hydrogen-bond donors (Lipinski definition) is 5. The molecule has 1 aliphatic rings. The van der Waals surface area contributed by atoms with Gasteiger partial charge in [0.1, 0.15) is 11.4 Å². The molecule has 44 heavy (non-hydrogen) atoms. The summed E-state index contributed by atoms with van der Waals surface area (Å²) < 4.78 is 5.58. The molecule has 9 heteroatoms. The van der Waals surface area contributed by atoms with E-state index in [-0.39, 0.29) is 0 Å². The van der Waals surface area contributed by atoms with E-state index in [1.54, 1.807) is 13.3 Å². The van der Waals surface area contributed by atoms with Crippen molar-refractivity contribution < 1.29 is 14.4 Å². The van der Waals surface area contributed by atoms with Gasteiger partial charge in [-0.05, 0) is 41.0 Å². The van der Waals surface area contributed by atoms with Crippen molar-refractivity contribution >= 4 is 39.1 Å². The van der Waals surface area contributed by atoms with E-state index >= 15 is 0 Å². The van der Waals surface area contributed by atoms with Crippen LogP contribution >= 0.6 is 0 Å². The predicted octanol–water partition coefficient (Wildman–Crippen LogP) is 6.45. The third-order valence-electron chi connectivity index (χ3n) is 7.13. The summed E-state index contributed by atoms with van der Waals surface area (Å²) in [4.78, 5) is 10.3. The highest BCUT2D eigenvalue weighted by Gasteiger charge is 2.09. The van der Waals surface area contributed by atoms with Crippen LogP contribution in [0, 0.1) is 0 Å². The average molecular weight is 589 g/mol. The first-order valence-corrected chi connectivity index (χ1v) is 14.2. The molecule has 4 aromatic carbocycles. The van der Waals surface area contributed by atoms with E-state index in [4.69, 9.17) is 26.2 Å². The van der Waals surface area contributed by atoms with Crippen molar-refractivity contribution in [1.29, 1.82) is 0 Å². The molecule has 0 bridgehead atoms. The molecule has 0 radical (unpaired) electrons. The van der Waals surface area contributed by atoms with E-state index in [1.165, 1.54) is 0 Å². The maximum absolute atomic E-state index is 5.62. The molecule has 224 valence electrons. The summed E-state index contributed by atoms with van der Waals surface area (Å²) >= 11 is 0. The van der Waals surface area contributed by atoms with Crippen LogP contribution in [0.3, 0.4) is 0 Å². The van der Waals surface area contributed by atoms with Gasteiger partial charge in [0.05, 0.1) is 25.7 Å². The summed E-state index contributed by atoms with van der Waals surface area (Å²) in [5, 5.41) is 15.6. The molecule has 1 aliphatic carbocycles. The standard InChI is InChI=1S/C35H36N6O3/c1-42-32-19-17-26-11-3-5-14-29(26)34(32)39-24-38-22-21-28-13-8-10-25(9-2-7-16-31(28)43-36)23-40-41-35-30-15-6-4-12-27(30)18-20-33(35)44-37/h2-8,10-21,23,38-39,41H,9,22,24,36-37H2,1H3/b7-2+,13-8-,25-10-,28-21+,31-16+,40-23-. The lowest BCUT2D eigenvalue weighted by molar-refractivity contribution is 0.230. The Balaban J connectivity index is 1.25. The highest BCUT2D eigenvalue weighted by molar-refractivity contribution is 5.98. The van der Waals surface area contributed by atoms with Crippen molar-refractivity contribution in [2.45, 2.75) is 6.42 Å². The summed E-state index contributed by atoms with van der Waals surface area (Å²) in [6.07, 6.45) is 16.1. The summed E-state index contributed by atoms with van der Waals surface area (Å²) in [6, 6.07) is 24.0. The molecule has 0 unspecified atom stereocenters. The molecule has 0 spiro atoms. The predicted molar refractivity (Wildman–Crippen MR) is 180 cm³/mol. The third kappa shape index (κ3) is 7.34. The van der Waals surface area contributed by atoms with Crippen LogP contribution in [0.15, 0.2) is 137 Å². The molecule has 0 atom stereocenters. The minimum Gasteiger partial charge on any atom is -0.495 e. The molecule has 0 aromatic heterocycles. The lowest BCUT2D eigenvalue weighted by Crippen LogP contribution is -2.22. The number of nitrogens with one attached hydrogen (secondary N) is 3. The molecule has 4 aromatic rings. The molecule has 0 fully saturated rings. The Morgan fingerprint density at radius 2 is 1.55 bits per heavy atom. The average Bonchev–Trinajstić information content (AvgIpc) is 3.07. The summed E-state index contributed by atoms with van der Waals surface area (Å²) in [5.74, 6) is 13.0. The van der Waals surface area contributed by atoms with Crippen molar-refractivity contribution in [1.82, 2.24) is 5.32 Å². The second-order valence-corrected chi connectivity index (χ2v) is 9.86. The largest absolute Gasteiger partial charge is 0.495 e. The topological polar surface area (TPSA) is 128 Å². The number of nitrogens with two attached hydrogens (primary N) is 2. The molecule has 0 amide bonds. The van der Waals surface area contributed by atoms with Crippen molar-refractivity contribution in [3.63, 3.8) is 0 Å². The van der Waals surface area contributed by atoms with Crippen LogP contribution < -0.4 is 37.4 Å². The summed E-state index contributed by atoms with van der Waals surface area (Å²) in [7, 11) is 1.67. The van der Waals surface area contributed by atoms with Crippen LogP contribution in [0.4, 0.5) is 11.4 Å². The van der Waals surface area contributed by atoms with Gasteiger partial charge < -0.3 is 19.7 Å². The number of fused-ring (bicyclic) bond motifs is 2. The third-order valence-corrected chi connectivity index (χ3v) is 7.13. The number of anilines is 2. The van der Waals surface area contributed by atoms with E-state index in [2.05, 4.69) is 39.4 Å². The normalized spacial score (nSPS) is 18.3. The number of ether oxygens (including phenoxy) is 1. The van der Waals surface area contributed by atoms with Gasteiger partial charge in [-0.3, -0.25) is 10.7 Å². The zero-order valence-electron chi connectivity index (χ0n) is 24.5. The number of nitrogens with zero attached hydrogens (tertiary/aromatic N) is 1. The zero-order valence-corrected chi connectivity index (χ0v) is 24.5. The highest BCUT2D eigenvalue weighted by atomic mass is 16.6. The van der Waals surface area contributed by atoms with Crippen LogP contribution in [0.25, 0.3) is 21.5 Å². The van der Waals surface area contributed by atoms with E-state index in [1.807, 2.05) is 97.1 Å². The van der Waals surface area contributed by atoms with Gasteiger partial charge >= 0.3 is 0 Å². The fraction of sp³-hybridized carbons (Fsp3) is 0.114. The Kier molecular flexibility index (Phi) is 10.4. The number of allylic oxidation sites excluding steroid dienone is 7. The van der Waals surface area contributed by atoms with Gasteiger partial charge in [-0.1, -0.05) is 97.1 Å². The Morgan fingerprint density at radius 3 is 2.27 bits per heavy atom. The highest BCUT2D eigenvalue weighted by Crippen LogP contribution is 2.33. The molecule has 7 N–H and O–H groups in total. The van der Waals surface area contributed by atoms with Gasteiger partial charge in [0, 0.05) is 22.9 Å². The number of hydrazone groups is 1. The zero-order chi connectivity index (χ0) is 30.6. The molecule has 0 heterocycles. The van der Waals surface area contributed by atoms with E-state index < -0.39 is 0 Å². The van der Waals surface area contributed by atoms with E-state index in [9.17, 15) is 0 Å². The van der Waals surface area contributed by atoms with E-state index in [0.717, 1.165) is 44.1 Å². The van der Waals surface area contributed by atoms with Gasteiger partial charge in [-0.25, -0.2) is 0 Å². The fourth-order valence-electron chi connectivity index (χ4n) is 4.91. The van der Waals surface area contributed by atoms with Gasteiger partial charge in [0.25, 0.3) is 0 Å². The smallest absolute Gasteiger partial charge is 0.172 e. The maximum Gasteiger partial charge on any atom is 0.172 e. The van der Waals surface area contributed by atoms with Crippen molar-refractivity contribution in [2.75, 3.05) is 31.1 Å². The van der Waals surface area contributed by atoms with Crippen molar-refractivity contribution in [3.8, 4) is 11.5 Å². The van der Waals surface area contributed by atoms with E-state index in [0.29, 0.717) is 36.8 Å². The number of hydrogen-bond acceptors (Lipinski definition) is 9. The molecular formula is C35H36N6O3. The first-order valence-electron chi connectivity index (χ1n) is 14.2. The van der Waals surface area contributed by atoms with Crippen molar-refractivity contribution in [3.05, 3.63) is 132 Å². The summed E-state index contributed by atoms with van der Waals surface area (Å²) in [6.45, 7) is 1.10.